The molecule has 1 aliphatic carbocycles. The van der Waals surface area contributed by atoms with Gasteiger partial charge in [0.1, 0.15) is 5.01 Å². The molecule has 21 heavy (non-hydrogen) atoms. The number of nitrogens with one attached hydrogen (secondary N) is 1. The second-order valence-electron chi connectivity index (χ2n) is 5.28. The standard InChI is InChI=1S/C14H20N2O4S/c1-3-20-10-4-9(5-10)6-12(17)15-8(2)13-16-11(7-21-13)14(18)19/h7-10H,3-6H2,1-2H3,(H,15,17)(H,18,19). The minimum atomic E-state index is -1.05. The molecular formula is C14H20N2O4S. The van der Waals surface area contributed by atoms with Crippen LogP contribution in [0.3, 0.4) is 0 Å². The number of carboxylic acid groups (broad SMARTS) is 1. The van der Waals surface area contributed by atoms with Crippen LogP contribution >= 0.6 is 11.3 Å². The highest BCUT2D eigenvalue weighted by atomic mass is 32.1. The van der Waals surface area contributed by atoms with Gasteiger partial charge in [-0.15, -0.1) is 11.3 Å². The molecule has 116 valence electrons. The summed E-state index contributed by atoms with van der Waals surface area (Å²) in [5, 5.41) is 13.8. The minimum absolute atomic E-state index is 0.0190. The molecular weight excluding hydrogens is 292 g/mol. The fraction of sp³-hybridized carbons (Fsp3) is 0.643. The summed E-state index contributed by atoms with van der Waals surface area (Å²) in [4.78, 5) is 26.7. The zero-order chi connectivity index (χ0) is 15.4. The molecule has 2 N–H and O–H groups in total. The van der Waals surface area contributed by atoms with Gasteiger partial charge in [0, 0.05) is 18.4 Å². The summed E-state index contributed by atoms with van der Waals surface area (Å²) in [5.41, 5.74) is 0.0228. The second kappa shape index (κ2) is 7.00. The molecule has 6 nitrogen and oxygen atoms in total. The molecule has 0 aliphatic heterocycles. The molecule has 0 aromatic carbocycles. The largest absolute Gasteiger partial charge is 0.476 e. The first-order valence-corrected chi connectivity index (χ1v) is 7.97. The molecule has 0 bridgehead atoms. The maximum Gasteiger partial charge on any atom is 0.355 e. The third-order valence-corrected chi connectivity index (χ3v) is 4.59. The van der Waals surface area contributed by atoms with E-state index in [1.807, 2.05) is 13.8 Å². The number of carbonyl (C=O) groups excluding carboxylic acids is 1. The third kappa shape index (κ3) is 4.25. The van der Waals surface area contributed by atoms with Crippen molar-refractivity contribution in [3.8, 4) is 0 Å². The van der Waals surface area contributed by atoms with Gasteiger partial charge in [-0.3, -0.25) is 4.79 Å². The molecule has 1 saturated carbocycles. The Morgan fingerprint density at radius 3 is 2.86 bits per heavy atom. The van der Waals surface area contributed by atoms with Crippen LogP contribution in [0.25, 0.3) is 0 Å². The van der Waals surface area contributed by atoms with Gasteiger partial charge in [0.15, 0.2) is 5.69 Å². The number of aromatic nitrogens is 1. The lowest BCUT2D eigenvalue weighted by atomic mass is 9.80. The number of hydrogen-bond acceptors (Lipinski definition) is 5. The van der Waals surface area contributed by atoms with Gasteiger partial charge in [0.25, 0.3) is 0 Å². The van der Waals surface area contributed by atoms with Crippen LogP contribution in [0.1, 0.15) is 54.6 Å². The average Bonchev–Trinajstić information content (AvgIpc) is 2.86. The number of rotatable bonds is 7. The van der Waals surface area contributed by atoms with Crippen LogP contribution in [0, 0.1) is 5.92 Å². The van der Waals surface area contributed by atoms with Crippen molar-refractivity contribution >= 4 is 23.2 Å². The molecule has 2 rings (SSSR count). The highest BCUT2D eigenvalue weighted by molar-refractivity contribution is 7.09. The zero-order valence-electron chi connectivity index (χ0n) is 12.2. The summed E-state index contributed by atoms with van der Waals surface area (Å²) in [6.07, 6.45) is 2.68. The van der Waals surface area contributed by atoms with E-state index in [2.05, 4.69) is 10.3 Å². The first-order chi connectivity index (χ1) is 9.99. The molecule has 1 unspecified atom stereocenters. The summed E-state index contributed by atoms with van der Waals surface area (Å²) in [6, 6.07) is -0.265. The Labute approximate surface area is 127 Å². The fourth-order valence-corrected chi connectivity index (χ4v) is 3.22. The Morgan fingerprint density at radius 2 is 2.29 bits per heavy atom. The van der Waals surface area contributed by atoms with E-state index >= 15 is 0 Å². The predicted molar refractivity (Wildman–Crippen MR) is 78.4 cm³/mol. The summed E-state index contributed by atoms with van der Waals surface area (Å²) < 4.78 is 5.47. The van der Waals surface area contributed by atoms with E-state index in [0.717, 1.165) is 19.4 Å². The van der Waals surface area contributed by atoms with E-state index in [9.17, 15) is 9.59 Å². The van der Waals surface area contributed by atoms with Crippen LogP contribution in [-0.4, -0.2) is 34.7 Å². The molecule has 0 spiro atoms. The van der Waals surface area contributed by atoms with Gasteiger partial charge in [-0.05, 0) is 32.6 Å². The van der Waals surface area contributed by atoms with Gasteiger partial charge in [-0.2, -0.15) is 0 Å². The molecule has 1 atom stereocenters. The van der Waals surface area contributed by atoms with E-state index in [-0.39, 0.29) is 17.6 Å². The summed E-state index contributed by atoms with van der Waals surface area (Å²) in [7, 11) is 0. The molecule has 1 heterocycles. The van der Waals surface area contributed by atoms with Crippen molar-refractivity contribution < 1.29 is 19.4 Å². The van der Waals surface area contributed by atoms with Gasteiger partial charge < -0.3 is 15.2 Å². The maximum absolute atomic E-state index is 11.9. The van der Waals surface area contributed by atoms with Crippen LogP contribution in [0.4, 0.5) is 0 Å². The lowest BCUT2D eigenvalue weighted by Gasteiger charge is -2.34. The van der Waals surface area contributed by atoms with Gasteiger partial charge in [0.05, 0.1) is 12.1 Å². The van der Waals surface area contributed by atoms with Gasteiger partial charge in [-0.25, -0.2) is 9.78 Å². The zero-order valence-corrected chi connectivity index (χ0v) is 13.0. The van der Waals surface area contributed by atoms with Crippen molar-refractivity contribution in [1.29, 1.82) is 0 Å². The molecule has 0 saturated heterocycles. The number of ether oxygens (including phenoxy) is 1. The smallest absolute Gasteiger partial charge is 0.355 e. The normalized spacial score (nSPS) is 22.4. The average molecular weight is 312 g/mol. The molecule has 1 aromatic heterocycles. The van der Waals surface area contributed by atoms with E-state index in [1.54, 1.807) is 0 Å². The Balaban J connectivity index is 1.76. The topological polar surface area (TPSA) is 88.5 Å². The first kappa shape index (κ1) is 15.9. The van der Waals surface area contributed by atoms with Crippen LogP contribution in [0.15, 0.2) is 5.38 Å². The van der Waals surface area contributed by atoms with Crippen LogP contribution in [0.2, 0.25) is 0 Å². The van der Waals surface area contributed by atoms with E-state index < -0.39 is 5.97 Å². The summed E-state index contributed by atoms with van der Waals surface area (Å²) in [5.74, 6) is -0.679. The third-order valence-electron chi connectivity index (χ3n) is 3.56. The number of nitrogens with zero attached hydrogens (tertiary/aromatic N) is 1. The Bertz CT molecular complexity index is 511. The fourth-order valence-electron chi connectivity index (χ4n) is 2.42. The molecule has 1 amide bonds. The first-order valence-electron chi connectivity index (χ1n) is 7.09. The summed E-state index contributed by atoms with van der Waals surface area (Å²) >= 11 is 1.25. The van der Waals surface area contributed by atoms with Crippen molar-refractivity contribution in [2.24, 2.45) is 5.92 Å². The van der Waals surface area contributed by atoms with Crippen molar-refractivity contribution in [2.75, 3.05) is 6.61 Å². The monoisotopic (exact) mass is 312 g/mol. The SMILES string of the molecule is CCOC1CC(CC(=O)NC(C)c2nc(C(=O)O)cs2)C1. The summed E-state index contributed by atoms with van der Waals surface area (Å²) in [6.45, 7) is 4.50. The van der Waals surface area contributed by atoms with E-state index in [4.69, 9.17) is 9.84 Å². The van der Waals surface area contributed by atoms with Crippen molar-refractivity contribution in [1.82, 2.24) is 10.3 Å². The highest BCUT2D eigenvalue weighted by Crippen LogP contribution is 2.32. The lowest BCUT2D eigenvalue weighted by Crippen LogP contribution is -2.36. The molecule has 1 aliphatic rings. The molecule has 1 fully saturated rings. The van der Waals surface area contributed by atoms with Gasteiger partial charge in [-0.1, -0.05) is 0 Å². The van der Waals surface area contributed by atoms with E-state index in [0.29, 0.717) is 23.5 Å². The molecule has 1 aromatic rings. The minimum Gasteiger partial charge on any atom is -0.476 e. The number of hydrogen-bond donors (Lipinski definition) is 2. The molecule has 0 radical (unpaired) electrons. The van der Waals surface area contributed by atoms with Gasteiger partial charge >= 0.3 is 5.97 Å². The Morgan fingerprint density at radius 1 is 1.57 bits per heavy atom. The molecule has 7 heteroatoms. The quantitative estimate of drug-likeness (QED) is 0.806. The lowest BCUT2D eigenvalue weighted by molar-refractivity contribution is -0.124. The maximum atomic E-state index is 11.9. The van der Waals surface area contributed by atoms with Crippen LogP contribution in [0.5, 0.6) is 0 Å². The van der Waals surface area contributed by atoms with Crippen molar-refractivity contribution in [3.05, 3.63) is 16.1 Å². The number of carbonyl (C=O) groups is 2. The van der Waals surface area contributed by atoms with Gasteiger partial charge in [0.2, 0.25) is 5.91 Å². The van der Waals surface area contributed by atoms with Crippen molar-refractivity contribution in [3.63, 3.8) is 0 Å². The van der Waals surface area contributed by atoms with Crippen molar-refractivity contribution in [2.45, 2.75) is 45.3 Å². The number of amides is 1. The second-order valence-corrected chi connectivity index (χ2v) is 6.17. The number of thiazole rings is 1. The predicted octanol–water partition coefficient (Wildman–Crippen LogP) is 2.22. The Kier molecular flexibility index (Phi) is 5.30. The van der Waals surface area contributed by atoms with E-state index in [1.165, 1.54) is 16.7 Å². The number of carboxylic acids is 1. The van der Waals surface area contributed by atoms with Crippen LogP contribution < -0.4 is 5.32 Å². The Hall–Kier alpha value is -1.47. The highest BCUT2D eigenvalue weighted by Gasteiger charge is 2.31. The number of aromatic carboxylic acids is 1. The van der Waals surface area contributed by atoms with Crippen LogP contribution in [-0.2, 0) is 9.53 Å².